The lowest BCUT2D eigenvalue weighted by Crippen LogP contribution is -2.46. The molecule has 0 aromatic carbocycles. The Morgan fingerprint density at radius 2 is 1.96 bits per heavy atom. The smallest absolute Gasteiger partial charge is 0.281 e. The predicted octanol–water partition coefficient (Wildman–Crippen LogP) is 1.80. The lowest BCUT2D eigenvalue weighted by Gasteiger charge is -2.32. The number of fused-ring (bicyclic) bond motifs is 1. The average molecular weight is 340 g/mol. The summed E-state index contributed by atoms with van der Waals surface area (Å²) in [7, 11) is 0.102. The molecule has 2 heterocycles. The first-order chi connectivity index (χ1) is 10.9. The van der Waals surface area contributed by atoms with Crippen molar-refractivity contribution in [2.24, 2.45) is 5.92 Å². The molecule has 1 saturated carbocycles. The lowest BCUT2D eigenvalue weighted by atomic mass is 10.00. The van der Waals surface area contributed by atoms with Crippen molar-refractivity contribution >= 4 is 10.2 Å². The Bertz CT molecular complexity index is 649. The van der Waals surface area contributed by atoms with Gasteiger partial charge in [0.15, 0.2) is 0 Å². The van der Waals surface area contributed by atoms with E-state index in [0.717, 1.165) is 56.6 Å². The second-order valence-corrected chi connectivity index (χ2v) is 9.19. The van der Waals surface area contributed by atoms with E-state index in [0.29, 0.717) is 12.5 Å². The van der Waals surface area contributed by atoms with Crippen LogP contribution in [0.3, 0.4) is 0 Å². The normalized spacial score (nSPS) is 22.9. The summed E-state index contributed by atoms with van der Waals surface area (Å²) >= 11 is 0. The quantitative estimate of drug-likeness (QED) is 0.821. The van der Waals surface area contributed by atoms with Crippen LogP contribution in [0.25, 0.3) is 0 Å². The Labute approximate surface area is 139 Å². The molecule has 2 aliphatic rings. The van der Waals surface area contributed by atoms with Crippen LogP contribution in [0.4, 0.5) is 0 Å². The van der Waals surface area contributed by atoms with Gasteiger partial charge in [0.05, 0.1) is 5.69 Å². The fraction of sp³-hybridized carbons (Fsp3) is 0.812. The second-order valence-electron chi connectivity index (χ2n) is 7.10. The van der Waals surface area contributed by atoms with Gasteiger partial charge in [-0.25, -0.2) is 4.98 Å². The molecule has 0 amide bonds. The number of imidazole rings is 1. The van der Waals surface area contributed by atoms with Crippen LogP contribution in [-0.4, -0.2) is 53.3 Å². The Kier molecular flexibility index (Phi) is 4.80. The Morgan fingerprint density at radius 3 is 2.65 bits per heavy atom. The monoisotopic (exact) mass is 340 g/mol. The topological polar surface area (TPSA) is 58.4 Å². The molecule has 1 aliphatic heterocycles. The van der Waals surface area contributed by atoms with Crippen LogP contribution in [0.5, 0.6) is 0 Å². The number of hydrogen-bond donors (Lipinski definition) is 0. The maximum atomic E-state index is 12.8. The third-order valence-corrected chi connectivity index (χ3v) is 7.29. The average Bonchev–Trinajstić information content (AvgIpc) is 3.14. The van der Waals surface area contributed by atoms with E-state index in [1.54, 1.807) is 22.7 Å². The molecule has 1 aromatic heterocycles. The molecule has 1 unspecified atom stereocenters. The molecule has 0 radical (unpaired) electrons. The van der Waals surface area contributed by atoms with Crippen LogP contribution < -0.4 is 0 Å². The molecule has 7 heteroatoms. The summed E-state index contributed by atoms with van der Waals surface area (Å²) in [6.07, 6.45) is 8.27. The zero-order chi connectivity index (χ0) is 16.6. The van der Waals surface area contributed by atoms with E-state index in [1.165, 1.54) is 0 Å². The van der Waals surface area contributed by atoms with Crippen molar-refractivity contribution in [1.29, 1.82) is 0 Å². The molecule has 0 saturated heterocycles. The molecule has 1 aromatic rings. The van der Waals surface area contributed by atoms with E-state index >= 15 is 0 Å². The van der Waals surface area contributed by atoms with E-state index in [2.05, 4.69) is 15.7 Å². The summed E-state index contributed by atoms with van der Waals surface area (Å²) in [6.45, 7) is 3.45. The molecular formula is C16H28N4O2S. The SMILES string of the molecule is Cc1cn2c(n1)CCC(CN(C)S(=O)(=O)N(C)C1CCCC1)C2. The first-order valence-electron chi connectivity index (χ1n) is 8.60. The maximum Gasteiger partial charge on any atom is 0.281 e. The molecule has 1 aliphatic carbocycles. The lowest BCUT2D eigenvalue weighted by molar-refractivity contribution is 0.279. The first kappa shape index (κ1) is 16.9. The second kappa shape index (κ2) is 6.53. The van der Waals surface area contributed by atoms with Gasteiger partial charge in [0.25, 0.3) is 10.2 Å². The van der Waals surface area contributed by atoms with Crippen LogP contribution >= 0.6 is 0 Å². The number of nitrogens with zero attached hydrogens (tertiary/aromatic N) is 4. The molecular weight excluding hydrogens is 312 g/mol. The molecule has 6 nitrogen and oxygen atoms in total. The van der Waals surface area contributed by atoms with Gasteiger partial charge in [0.1, 0.15) is 5.82 Å². The van der Waals surface area contributed by atoms with Crippen LogP contribution in [0, 0.1) is 12.8 Å². The minimum atomic E-state index is -3.35. The zero-order valence-electron chi connectivity index (χ0n) is 14.4. The van der Waals surface area contributed by atoms with Crippen molar-refractivity contribution in [3.8, 4) is 0 Å². The van der Waals surface area contributed by atoms with E-state index in [-0.39, 0.29) is 6.04 Å². The predicted molar refractivity (Wildman–Crippen MR) is 90.3 cm³/mol. The number of hydrogen-bond acceptors (Lipinski definition) is 3. The highest BCUT2D eigenvalue weighted by Gasteiger charge is 2.33. The van der Waals surface area contributed by atoms with Gasteiger partial charge in [-0.15, -0.1) is 0 Å². The van der Waals surface area contributed by atoms with E-state index in [9.17, 15) is 8.42 Å². The fourth-order valence-corrected chi connectivity index (χ4v) is 5.37. The Morgan fingerprint density at radius 1 is 1.26 bits per heavy atom. The number of aryl methyl sites for hydroxylation is 2. The van der Waals surface area contributed by atoms with Crippen LogP contribution in [-0.2, 0) is 23.2 Å². The molecule has 23 heavy (non-hydrogen) atoms. The summed E-state index contributed by atoms with van der Waals surface area (Å²) in [4.78, 5) is 4.52. The van der Waals surface area contributed by atoms with Crippen molar-refractivity contribution in [1.82, 2.24) is 18.2 Å². The molecule has 3 rings (SSSR count). The summed E-state index contributed by atoms with van der Waals surface area (Å²) in [5.74, 6) is 1.49. The van der Waals surface area contributed by atoms with Gasteiger partial charge in [0.2, 0.25) is 0 Å². The summed E-state index contributed by atoms with van der Waals surface area (Å²) in [5, 5.41) is 0. The summed E-state index contributed by atoms with van der Waals surface area (Å²) in [6, 6.07) is 0.178. The van der Waals surface area contributed by atoms with Crippen LogP contribution in [0.2, 0.25) is 0 Å². The highest BCUT2D eigenvalue weighted by atomic mass is 32.2. The van der Waals surface area contributed by atoms with E-state index in [1.807, 2.05) is 6.92 Å². The van der Waals surface area contributed by atoms with Gasteiger partial charge in [-0.1, -0.05) is 12.8 Å². The maximum absolute atomic E-state index is 12.8. The van der Waals surface area contributed by atoms with Gasteiger partial charge in [-0.05, 0) is 32.1 Å². The summed E-state index contributed by atoms with van der Waals surface area (Å²) in [5.41, 5.74) is 1.04. The highest BCUT2D eigenvalue weighted by molar-refractivity contribution is 7.86. The third kappa shape index (κ3) is 3.46. The van der Waals surface area contributed by atoms with Crippen molar-refractivity contribution in [2.45, 2.75) is 58.0 Å². The van der Waals surface area contributed by atoms with Crippen LogP contribution in [0.1, 0.15) is 43.6 Å². The molecule has 0 N–H and O–H groups in total. The van der Waals surface area contributed by atoms with Crippen molar-refractivity contribution in [3.63, 3.8) is 0 Å². The number of aromatic nitrogens is 2. The largest absolute Gasteiger partial charge is 0.334 e. The van der Waals surface area contributed by atoms with E-state index in [4.69, 9.17) is 0 Å². The van der Waals surface area contributed by atoms with E-state index < -0.39 is 10.2 Å². The van der Waals surface area contributed by atoms with Gasteiger partial charge < -0.3 is 4.57 Å². The molecule has 0 bridgehead atoms. The zero-order valence-corrected chi connectivity index (χ0v) is 15.2. The fourth-order valence-electron chi connectivity index (χ4n) is 3.94. The summed E-state index contributed by atoms with van der Waals surface area (Å²) < 4.78 is 30.9. The first-order valence-corrected chi connectivity index (χ1v) is 9.99. The van der Waals surface area contributed by atoms with Gasteiger partial charge >= 0.3 is 0 Å². The molecule has 0 spiro atoms. The molecule has 1 fully saturated rings. The Hall–Kier alpha value is -0.920. The molecule has 130 valence electrons. The van der Waals surface area contributed by atoms with Crippen molar-refractivity contribution in [3.05, 3.63) is 17.7 Å². The third-order valence-electron chi connectivity index (χ3n) is 5.32. The van der Waals surface area contributed by atoms with Crippen molar-refractivity contribution in [2.75, 3.05) is 20.6 Å². The van der Waals surface area contributed by atoms with Gasteiger partial charge in [0, 0.05) is 45.8 Å². The Balaban J connectivity index is 1.63. The minimum absolute atomic E-state index is 0.178. The standard InChI is InChI=1S/C16H28N4O2S/c1-13-10-20-12-14(8-9-16(20)17-13)11-18(2)23(21,22)19(3)15-6-4-5-7-15/h10,14-15H,4-9,11-12H2,1-3H3. The van der Waals surface area contributed by atoms with Crippen LogP contribution in [0.15, 0.2) is 6.20 Å². The molecule has 1 atom stereocenters. The van der Waals surface area contributed by atoms with Gasteiger partial charge in [-0.3, -0.25) is 0 Å². The minimum Gasteiger partial charge on any atom is -0.334 e. The van der Waals surface area contributed by atoms with Crippen molar-refractivity contribution < 1.29 is 8.42 Å². The van der Waals surface area contributed by atoms with Gasteiger partial charge in [-0.2, -0.15) is 17.0 Å². The number of rotatable bonds is 5. The highest BCUT2D eigenvalue weighted by Crippen LogP contribution is 2.26.